The van der Waals surface area contributed by atoms with E-state index in [4.69, 9.17) is 4.74 Å². The summed E-state index contributed by atoms with van der Waals surface area (Å²) in [6, 6.07) is 6.20. The molecule has 0 spiro atoms. The van der Waals surface area contributed by atoms with Crippen molar-refractivity contribution in [3.05, 3.63) is 40.6 Å². The maximum Gasteiger partial charge on any atom is 0.221 e. The van der Waals surface area contributed by atoms with Gasteiger partial charge in [0.1, 0.15) is 5.75 Å². The summed E-state index contributed by atoms with van der Waals surface area (Å²) in [5.74, 6) is 1.66. The van der Waals surface area contributed by atoms with Crippen LogP contribution in [0.2, 0.25) is 0 Å². The Morgan fingerprint density at radius 1 is 1.17 bits per heavy atom. The van der Waals surface area contributed by atoms with E-state index in [1.807, 2.05) is 26.1 Å². The van der Waals surface area contributed by atoms with Crippen LogP contribution >= 0.6 is 15.9 Å². The van der Waals surface area contributed by atoms with Gasteiger partial charge >= 0.3 is 0 Å². The number of hydrogen-bond donors (Lipinski definition) is 0. The lowest BCUT2D eigenvalue weighted by molar-refractivity contribution is 0.427. The molecule has 0 radical (unpaired) electrons. The van der Waals surface area contributed by atoms with Crippen LogP contribution in [0.5, 0.6) is 11.6 Å². The molecule has 96 valence electrons. The number of aromatic nitrogens is 2. The summed E-state index contributed by atoms with van der Waals surface area (Å²) >= 11 is 3.48. The molecule has 18 heavy (non-hydrogen) atoms. The van der Waals surface area contributed by atoms with Gasteiger partial charge in [0.25, 0.3) is 0 Å². The minimum atomic E-state index is 0.743. The van der Waals surface area contributed by atoms with Crippen LogP contribution in [-0.4, -0.2) is 9.78 Å². The van der Waals surface area contributed by atoms with Gasteiger partial charge < -0.3 is 4.74 Å². The summed E-state index contributed by atoms with van der Waals surface area (Å²) in [4.78, 5) is 0. The first-order valence-electron chi connectivity index (χ1n) is 5.86. The molecule has 0 saturated carbocycles. The molecule has 0 fully saturated rings. The zero-order valence-corrected chi connectivity index (χ0v) is 12.7. The number of hydrogen-bond acceptors (Lipinski definition) is 2. The molecule has 3 nitrogen and oxygen atoms in total. The van der Waals surface area contributed by atoms with E-state index in [9.17, 15) is 0 Å². The van der Waals surface area contributed by atoms with E-state index in [-0.39, 0.29) is 0 Å². The predicted octanol–water partition coefficient (Wildman–Crippen LogP) is 4.03. The second kappa shape index (κ2) is 5.14. The number of alkyl halides is 1. The van der Waals surface area contributed by atoms with Gasteiger partial charge in [-0.3, -0.25) is 0 Å². The molecule has 4 heteroatoms. The van der Waals surface area contributed by atoms with Gasteiger partial charge in [0.15, 0.2) is 0 Å². The van der Waals surface area contributed by atoms with Gasteiger partial charge in [0.05, 0.1) is 5.69 Å². The highest BCUT2D eigenvalue weighted by Gasteiger charge is 2.14. The highest BCUT2D eigenvalue weighted by atomic mass is 79.9. The van der Waals surface area contributed by atoms with Gasteiger partial charge in [-0.2, -0.15) is 5.10 Å². The van der Waals surface area contributed by atoms with Crippen LogP contribution in [0, 0.1) is 20.8 Å². The predicted molar refractivity (Wildman–Crippen MR) is 76.6 cm³/mol. The molecule has 0 bridgehead atoms. The van der Waals surface area contributed by atoms with E-state index in [1.54, 1.807) is 4.68 Å². The fraction of sp³-hybridized carbons (Fsp3) is 0.357. The molecule has 0 unspecified atom stereocenters. The van der Waals surface area contributed by atoms with Crippen molar-refractivity contribution in [2.24, 2.45) is 7.05 Å². The van der Waals surface area contributed by atoms with Crippen LogP contribution in [0.15, 0.2) is 18.2 Å². The third-order valence-corrected chi connectivity index (χ3v) is 3.39. The Labute approximate surface area is 116 Å². The van der Waals surface area contributed by atoms with E-state index < -0.39 is 0 Å². The molecule has 0 saturated heterocycles. The van der Waals surface area contributed by atoms with Crippen molar-refractivity contribution >= 4 is 15.9 Å². The number of ether oxygens (including phenoxy) is 1. The van der Waals surface area contributed by atoms with Crippen molar-refractivity contribution in [3.63, 3.8) is 0 Å². The lowest BCUT2D eigenvalue weighted by Crippen LogP contribution is -1.97. The summed E-state index contributed by atoms with van der Waals surface area (Å²) in [7, 11) is 1.90. The Morgan fingerprint density at radius 2 is 1.78 bits per heavy atom. The highest BCUT2D eigenvalue weighted by Crippen LogP contribution is 2.29. The van der Waals surface area contributed by atoms with E-state index in [2.05, 4.69) is 40.9 Å². The highest BCUT2D eigenvalue weighted by molar-refractivity contribution is 9.08. The number of benzene rings is 1. The molecule has 0 N–H and O–H groups in total. The third-order valence-electron chi connectivity index (χ3n) is 2.83. The fourth-order valence-corrected chi connectivity index (χ4v) is 2.71. The maximum atomic E-state index is 5.98. The summed E-state index contributed by atoms with van der Waals surface area (Å²) in [5, 5.41) is 5.13. The molecular formula is C14H17BrN2O. The van der Waals surface area contributed by atoms with E-state index in [0.717, 1.165) is 28.2 Å². The minimum Gasteiger partial charge on any atom is -0.439 e. The topological polar surface area (TPSA) is 27.1 Å². The van der Waals surface area contributed by atoms with Gasteiger partial charge in [-0.25, -0.2) is 4.68 Å². The van der Waals surface area contributed by atoms with Gasteiger partial charge in [0.2, 0.25) is 5.88 Å². The van der Waals surface area contributed by atoms with Crippen LogP contribution in [0.4, 0.5) is 0 Å². The van der Waals surface area contributed by atoms with Crippen LogP contribution in [0.1, 0.15) is 22.4 Å². The van der Waals surface area contributed by atoms with Crippen LogP contribution in [0.25, 0.3) is 0 Å². The van der Waals surface area contributed by atoms with E-state index in [1.165, 1.54) is 11.1 Å². The quantitative estimate of drug-likeness (QED) is 0.800. The maximum absolute atomic E-state index is 5.98. The first-order valence-corrected chi connectivity index (χ1v) is 6.98. The molecule has 0 amide bonds. The van der Waals surface area contributed by atoms with Crippen molar-refractivity contribution in [2.75, 3.05) is 0 Å². The van der Waals surface area contributed by atoms with Gasteiger partial charge in [0, 0.05) is 17.9 Å². The number of halogens is 1. The molecule has 1 aromatic heterocycles. The summed E-state index contributed by atoms with van der Waals surface area (Å²) in [6.07, 6.45) is 0. The van der Waals surface area contributed by atoms with Crippen molar-refractivity contribution in [1.29, 1.82) is 0 Å². The largest absolute Gasteiger partial charge is 0.439 e. The number of nitrogens with zero attached hydrogens (tertiary/aromatic N) is 2. The third kappa shape index (κ3) is 2.58. The normalized spacial score (nSPS) is 10.7. The van der Waals surface area contributed by atoms with Crippen molar-refractivity contribution in [1.82, 2.24) is 9.78 Å². The molecular weight excluding hydrogens is 292 g/mol. The van der Waals surface area contributed by atoms with Crippen LogP contribution in [0.3, 0.4) is 0 Å². The standard InChI is InChI=1S/C14H17BrN2O/c1-9-5-10(2)7-12(6-9)18-14-13(8-15)11(3)16-17(14)4/h5-7H,8H2,1-4H3. The van der Waals surface area contributed by atoms with Crippen molar-refractivity contribution in [3.8, 4) is 11.6 Å². The van der Waals surface area contributed by atoms with Gasteiger partial charge in [-0.1, -0.05) is 22.0 Å². The Kier molecular flexibility index (Phi) is 3.76. The average molecular weight is 309 g/mol. The Morgan fingerprint density at radius 3 is 2.33 bits per heavy atom. The average Bonchev–Trinajstić information content (AvgIpc) is 2.52. The van der Waals surface area contributed by atoms with E-state index in [0.29, 0.717) is 0 Å². The van der Waals surface area contributed by atoms with Gasteiger partial charge in [-0.15, -0.1) is 0 Å². The summed E-state index contributed by atoms with van der Waals surface area (Å²) in [6.45, 7) is 6.13. The molecule has 2 rings (SSSR count). The molecule has 0 atom stereocenters. The lowest BCUT2D eigenvalue weighted by Gasteiger charge is -2.09. The Hall–Kier alpha value is -1.29. The van der Waals surface area contributed by atoms with Crippen LogP contribution in [-0.2, 0) is 12.4 Å². The lowest BCUT2D eigenvalue weighted by atomic mass is 10.1. The first-order chi connectivity index (χ1) is 8.51. The van der Waals surface area contributed by atoms with Crippen LogP contribution < -0.4 is 4.74 Å². The van der Waals surface area contributed by atoms with Crippen molar-refractivity contribution < 1.29 is 4.74 Å². The monoisotopic (exact) mass is 308 g/mol. The molecule has 0 aliphatic heterocycles. The first kappa shape index (κ1) is 13.1. The second-order valence-electron chi connectivity index (χ2n) is 4.55. The number of aryl methyl sites for hydroxylation is 4. The zero-order valence-electron chi connectivity index (χ0n) is 11.1. The fourth-order valence-electron chi connectivity index (χ4n) is 2.07. The number of rotatable bonds is 3. The van der Waals surface area contributed by atoms with Crippen molar-refractivity contribution in [2.45, 2.75) is 26.1 Å². The Bertz CT molecular complexity index is 555. The summed E-state index contributed by atoms with van der Waals surface area (Å²) < 4.78 is 7.77. The molecule has 0 aliphatic rings. The zero-order chi connectivity index (χ0) is 13.3. The minimum absolute atomic E-state index is 0.743. The molecule has 1 aromatic carbocycles. The Balaban J connectivity index is 2.39. The molecule has 2 aromatic rings. The smallest absolute Gasteiger partial charge is 0.221 e. The SMILES string of the molecule is Cc1cc(C)cc(Oc2c(CBr)c(C)nn2C)c1. The summed E-state index contributed by atoms with van der Waals surface area (Å²) in [5.41, 5.74) is 4.49. The molecule has 0 aliphatic carbocycles. The van der Waals surface area contributed by atoms with E-state index >= 15 is 0 Å². The van der Waals surface area contributed by atoms with Gasteiger partial charge in [-0.05, 0) is 44.0 Å². The second-order valence-corrected chi connectivity index (χ2v) is 5.11. The molecule has 1 heterocycles.